The number of allylic oxidation sites excluding steroid dienone is 2. The summed E-state index contributed by atoms with van der Waals surface area (Å²) in [6, 6.07) is 11.7. The van der Waals surface area contributed by atoms with Crippen LogP contribution in [0.25, 0.3) is 6.08 Å². The van der Waals surface area contributed by atoms with E-state index in [1.54, 1.807) is 11.1 Å². The minimum atomic E-state index is -0.374. The van der Waals surface area contributed by atoms with Crippen molar-refractivity contribution in [3.63, 3.8) is 0 Å². The highest BCUT2D eigenvalue weighted by Gasteiger charge is 2.37. The van der Waals surface area contributed by atoms with Gasteiger partial charge in [-0.05, 0) is 51.5 Å². The van der Waals surface area contributed by atoms with Crippen molar-refractivity contribution in [3.05, 3.63) is 77.3 Å². The zero-order valence-corrected chi connectivity index (χ0v) is 21.2. The van der Waals surface area contributed by atoms with Gasteiger partial charge < -0.3 is 10.3 Å². The average Bonchev–Trinajstić information content (AvgIpc) is 3.21. The summed E-state index contributed by atoms with van der Waals surface area (Å²) in [7, 11) is 0. The molecule has 0 saturated carbocycles. The van der Waals surface area contributed by atoms with Crippen LogP contribution in [0.5, 0.6) is 0 Å². The number of hydrogen-bond donors (Lipinski definition) is 2. The molecule has 1 aromatic carbocycles. The van der Waals surface area contributed by atoms with Crippen molar-refractivity contribution in [2.24, 2.45) is 16.8 Å². The van der Waals surface area contributed by atoms with Gasteiger partial charge >= 0.3 is 0 Å². The van der Waals surface area contributed by atoms with Crippen molar-refractivity contribution < 1.29 is 4.42 Å². The fraction of sp³-hybridized carbons (Fsp3) is 0.407. The van der Waals surface area contributed by atoms with Gasteiger partial charge in [0, 0.05) is 43.8 Å². The molecule has 8 nitrogen and oxygen atoms in total. The Morgan fingerprint density at radius 2 is 1.91 bits per heavy atom. The zero-order chi connectivity index (χ0) is 25.6. The number of amidine groups is 1. The molecular formula is C27H37N7O. The lowest BCUT2D eigenvalue weighted by atomic mass is 10.0. The monoisotopic (exact) mass is 475 g/mol. The van der Waals surface area contributed by atoms with E-state index < -0.39 is 0 Å². The third-order valence-corrected chi connectivity index (χ3v) is 6.26. The first-order valence-corrected chi connectivity index (χ1v) is 11.9. The maximum atomic E-state index is 9.03. The molecule has 0 bridgehead atoms. The molecule has 8 heteroatoms. The molecule has 3 rings (SSSR count). The average molecular weight is 476 g/mol. The summed E-state index contributed by atoms with van der Waals surface area (Å²) in [6.07, 6.45) is 5.61. The SMILES string of the molecule is C=C/C=C\c1cc(C(/C(=N/N)N(N)C(C)(C)C)N2CCN(Cc3ccc(C#N)cc3)CC2)oc1C. The third kappa shape index (κ3) is 6.40. The first-order chi connectivity index (χ1) is 16.7. The lowest BCUT2D eigenvalue weighted by Gasteiger charge is -2.42. The van der Waals surface area contributed by atoms with Crippen LogP contribution in [0.1, 0.15) is 55.0 Å². The van der Waals surface area contributed by atoms with Gasteiger partial charge in [0.05, 0.1) is 11.6 Å². The second kappa shape index (κ2) is 11.4. The van der Waals surface area contributed by atoms with Crippen molar-refractivity contribution in [3.8, 4) is 6.07 Å². The van der Waals surface area contributed by atoms with Gasteiger partial charge in [-0.2, -0.15) is 10.4 Å². The minimum absolute atomic E-state index is 0.314. The number of hydrazine groups is 1. The van der Waals surface area contributed by atoms with E-state index in [2.05, 4.69) is 27.5 Å². The van der Waals surface area contributed by atoms with Crippen LogP contribution in [0.3, 0.4) is 0 Å². The number of nitrogens with two attached hydrogens (primary N) is 2. The smallest absolute Gasteiger partial charge is 0.164 e. The number of piperazine rings is 1. The van der Waals surface area contributed by atoms with Gasteiger partial charge in [0.25, 0.3) is 0 Å². The molecule has 0 spiro atoms. The Kier molecular flexibility index (Phi) is 8.52. The molecule has 186 valence electrons. The summed E-state index contributed by atoms with van der Waals surface area (Å²) in [5, 5.41) is 14.8. The standard InChI is InChI=1S/C27H37N7O/c1-6-7-8-23-17-24(35-20(23)2)25(26(31-29)34(30)27(3,4)5)33-15-13-32(14-16-33)19-22-11-9-21(18-28)10-12-22/h6-12,17,25H,1,13-16,19,29-30H2,2-5H3/b8-7-,31-26-. The molecule has 2 aromatic rings. The predicted octanol–water partition coefficient (Wildman–Crippen LogP) is 3.76. The van der Waals surface area contributed by atoms with Crippen LogP contribution in [-0.2, 0) is 6.54 Å². The second-order valence-corrected chi connectivity index (χ2v) is 9.81. The topological polar surface area (TPSA) is 111 Å². The van der Waals surface area contributed by atoms with Crippen LogP contribution in [0.15, 0.2) is 58.6 Å². The summed E-state index contributed by atoms with van der Waals surface area (Å²) in [4.78, 5) is 4.73. The highest BCUT2D eigenvalue weighted by atomic mass is 16.3. The van der Waals surface area contributed by atoms with E-state index in [1.165, 1.54) is 5.56 Å². The van der Waals surface area contributed by atoms with Crippen LogP contribution in [0.2, 0.25) is 0 Å². The highest BCUT2D eigenvalue weighted by Crippen LogP contribution is 2.31. The van der Waals surface area contributed by atoms with Crippen LogP contribution >= 0.6 is 0 Å². The van der Waals surface area contributed by atoms with E-state index in [9.17, 15) is 0 Å². The summed E-state index contributed by atoms with van der Waals surface area (Å²) in [5.74, 6) is 14.6. The minimum Gasteiger partial charge on any atom is -0.464 e. The number of nitriles is 1. The van der Waals surface area contributed by atoms with Crippen LogP contribution in [0, 0.1) is 18.3 Å². The van der Waals surface area contributed by atoms with E-state index in [4.69, 9.17) is 21.4 Å². The molecule has 0 radical (unpaired) electrons. The molecule has 1 unspecified atom stereocenters. The fourth-order valence-corrected chi connectivity index (χ4v) is 4.19. The lowest BCUT2D eigenvalue weighted by Crippen LogP contribution is -2.57. The lowest BCUT2D eigenvalue weighted by molar-refractivity contribution is 0.0956. The maximum absolute atomic E-state index is 9.03. The number of aryl methyl sites for hydroxylation is 1. The van der Waals surface area contributed by atoms with Gasteiger partial charge in [0.1, 0.15) is 17.6 Å². The van der Waals surface area contributed by atoms with Gasteiger partial charge in [-0.25, -0.2) is 5.84 Å². The van der Waals surface area contributed by atoms with Crippen molar-refractivity contribution in [2.75, 3.05) is 26.2 Å². The Labute approximate surface area is 208 Å². The summed E-state index contributed by atoms with van der Waals surface area (Å²) in [6.45, 7) is 16.0. The molecule has 1 aliphatic heterocycles. The number of benzene rings is 1. The Morgan fingerprint density at radius 3 is 2.46 bits per heavy atom. The highest BCUT2D eigenvalue weighted by molar-refractivity contribution is 5.88. The van der Waals surface area contributed by atoms with E-state index in [0.29, 0.717) is 11.4 Å². The molecule has 1 aliphatic rings. The molecule has 0 aliphatic carbocycles. The zero-order valence-electron chi connectivity index (χ0n) is 21.2. The largest absolute Gasteiger partial charge is 0.464 e. The maximum Gasteiger partial charge on any atom is 0.164 e. The van der Waals surface area contributed by atoms with Gasteiger partial charge in [0.2, 0.25) is 0 Å². The number of nitrogens with zero attached hydrogens (tertiary/aromatic N) is 5. The van der Waals surface area contributed by atoms with Gasteiger partial charge in [-0.1, -0.05) is 36.9 Å². The number of rotatable bonds is 7. The van der Waals surface area contributed by atoms with Crippen molar-refractivity contribution in [2.45, 2.75) is 45.8 Å². The number of furan rings is 1. The first-order valence-electron chi connectivity index (χ1n) is 11.9. The molecule has 1 saturated heterocycles. The number of hydrazone groups is 1. The normalized spacial score (nSPS) is 16.9. The Balaban J connectivity index is 1.84. The summed E-state index contributed by atoms with van der Waals surface area (Å²) in [5.41, 5.74) is 2.48. The molecular weight excluding hydrogens is 438 g/mol. The molecule has 1 fully saturated rings. The molecule has 4 N–H and O–H groups in total. The molecule has 35 heavy (non-hydrogen) atoms. The van der Waals surface area contributed by atoms with Crippen LogP contribution in [0.4, 0.5) is 0 Å². The van der Waals surface area contributed by atoms with E-state index in [1.807, 2.05) is 70.2 Å². The van der Waals surface area contributed by atoms with E-state index in [-0.39, 0.29) is 11.6 Å². The van der Waals surface area contributed by atoms with Crippen molar-refractivity contribution in [1.29, 1.82) is 5.26 Å². The van der Waals surface area contributed by atoms with E-state index in [0.717, 1.165) is 49.8 Å². The second-order valence-electron chi connectivity index (χ2n) is 9.81. The van der Waals surface area contributed by atoms with E-state index >= 15 is 0 Å². The van der Waals surface area contributed by atoms with Gasteiger partial charge in [0.15, 0.2) is 5.84 Å². The number of hydrogen-bond acceptors (Lipinski definition) is 7. The summed E-state index contributed by atoms with van der Waals surface area (Å²) < 4.78 is 6.23. The Hall–Kier alpha value is -3.38. The van der Waals surface area contributed by atoms with Gasteiger partial charge in [-0.3, -0.25) is 14.8 Å². The van der Waals surface area contributed by atoms with Crippen LogP contribution in [-0.4, -0.2) is 52.4 Å². The van der Waals surface area contributed by atoms with Crippen molar-refractivity contribution >= 4 is 11.9 Å². The Morgan fingerprint density at radius 1 is 1.26 bits per heavy atom. The quantitative estimate of drug-likeness (QED) is 0.206. The Bertz CT molecular complexity index is 1090. The summed E-state index contributed by atoms with van der Waals surface area (Å²) >= 11 is 0. The molecule has 1 atom stereocenters. The third-order valence-electron chi connectivity index (χ3n) is 6.26. The van der Waals surface area contributed by atoms with Gasteiger partial charge in [-0.15, -0.1) is 0 Å². The fourth-order valence-electron chi connectivity index (χ4n) is 4.19. The predicted molar refractivity (Wildman–Crippen MR) is 141 cm³/mol. The van der Waals surface area contributed by atoms with Crippen LogP contribution < -0.4 is 11.7 Å². The first kappa shape index (κ1) is 26.2. The molecule has 1 aromatic heterocycles. The molecule has 0 amide bonds. The molecule has 2 heterocycles. The van der Waals surface area contributed by atoms with Crippen molar-refractivity contribution in [1.82, 2.24) is 14.8 Å².